The average molecular weight is 439 g/mol. The molecule has 1 aromatic heterocycles. The predicted octanol–water partition coefficient (Wildman–Crippen LogP) is 3.47. The van der Waals surface area contributed by atoms with E-state index in [0.29, 0.717) is 41.7 Å². The largest absolute Gasteiger partial charge is 0.497 e. The first-order chi connectivity index (χ1) is 15.5. The molecule has 2 aromatic carbocycles. The molecule has 0 aliphatic carbocycles. The first kappa shape index (κ1) is 21.8. The summed E-state index contributed by atoms with van der Waals surface area (Å²) in [5.74, 6) is 0.801. The van der Waals surface area contributed by atoms with Crippen LogP contribution in [0.4, 0.5) is 4.39 Å². The molecule has 32 heavy (non-hydrogen) atoms. The molecule has 0 radical (unpaired) electrons. The average Bonchev–Trinajstić information content (AvgIpc) is 3.28. The van der Waals surface area contributed by atoms with Crippen molar-refractivity contribution in [3.05, 3.63) is 60.0 Å². The van der Waals surface area contributed by atoms with Crippen molar-refractivity contribution >= 4 is 5.91 Å². The monoisotopic (exact) mass is 438 g/mol. The topological polar surface area (TPSA) is 59.8 Å². The molecular formula is C24H27FN4O3. The molecule has 3 aromatic rings. The number of methoxy groups -OCH3 is 2. The number of ether oxygens (including phenoxy) is 2. The molecule has 8 heteroatoms. The Bertz CT molecular complexity index is 1090. The molecule has 1 aliphatic rings. The van der Waals surface area contributed by atoms with E-state index in [1.807, 2.05) is 17.0 Å². The van der Waals surface area contributed by atoms with E-state index in [9.17, 15) is 9.18 Å². The number of halogens is 1. The minimum absolute atomic E-state index is 0.101. The summed E-state index contributed by atoms with van der Waals surface area (Å²) in [6, 6.07) is 13.2. The molecule has 168 valence electrons. The molecule has 0 N–H and O–H groups in total. The van der Waals surface area contributed by atoms with Crippen molar-refractivity contribution in [1.82, 2.24) is 19.6 Å². The fourth-order valence-corrected chi connectivity index (χ4v) is 3.88. The standard InChI is InChI=1S/C24H27FN4O3/c1-4-27-11-13-28(14-12-27)24(30)22-16-21(20-10-9-19(31-2)15-23(20)32-3)26-29(22)18-7-5-17(25)6-8-18/h5-10,15-16H,4,11-14H2,1-3H3. The van der Waals surface area contributed by atoms with E-state index in [1.54, 1.807) is 43.2 Å². The molecule has 0 bridgehead atoms. The van der Waals surface area contributed by atoms with Crippen LogP contribution < -0.4 is 9.47 Å². The van der Waals surface area contributed by atoms with Gasteiger partial charge in [0.05, 0.1) is 25.6 Å². The van der Waals surface area contributed by atoms with Crippen molar-refractivity contribution in [3.8, 4) is 28.4 Å². The highest BCUT2D eigenvalue weighted by atomic mass is 19.1. The van der Waals surface area contributed by atoms with Crippen LogP contribution in [0.5, 0.6) is 11.5 Å². The highest BCUT2D eigenvalue weighted by Crippen LogP contribution is 2.33. The molecule has 0 spiro atoms. The minimum Gasteiger partial charge on any atom is -0.497 e. The van der Waals surface area contributed by atoms with Gasteiger partial charge in [-0.3, -0.25) is 4.79 Å². The fraction of sp³-hybridized carbons (Fsp3) is 0.333. The maximum atomic E-state index is 13.5. The van der Waals surface area contributed by atoms with Crippen LogP contribution in [0.1, 0.15) is 17.4 Å². The lowest BCUT2D eigenvalue weighted by molar-refractivity contribution is 0.0634. The number of aromatic nitrogens is 2. The Balaban J connectivity index is 1.76. The number of piperazine rings is 1. The zero-order valence-electron chi connectivity index (χ0n) is 18.5. The second-order valence-corrected chi connectivity index (χ2v) is 7.60. The van der Waals surface area contributed by atoms with Crippen LogP contribution in [0.3, 0.4) is 0 Å². The van der Waals surface area contributed by atoms with E-state index in [4.69, 9.17) is 14.6 Å². The Kier molecular flexibility index (Phi) is 6.41. The summed E-state index contributed by atoms with van der Waals surface area (Å²) in [6.45, 7) is 6.08. The lowest BCUT2D eigenvalue weighted by Crippen LogP contribution is -2.48. The number of rotatable bonds is 6. The lowest BCUT2D eigenvalue weighted by atomic mass is 10.1. The Morgan fingerprint density at radius 3 is 2.34 bits per heavy atom. The van der Waals surface area contributed by atoms with Gasteiger partial charge in [-0.25, -0.2) is 9.07 Å². The highest BCUT2D eigenvalue weighted by Gasteiger charge is 2.26. The SMILES string of the molecule is CCN1CCN(C(=O)c2cc(-c3ccc(OC)cc3OC)nn2-c2ccc(F)cc2)CC1. The number of likely N-dealkylation sites (N-methyl/N-ethyl adjacent to an activating group) is 1. The summed E-state index contributed by atoms with van der Waals surface area (Å²) in [7, 11) is 3.17. The van der Waals surface area contributed by atoms with Gasteiger partial charge in [-0.15, -0.1) is 0 Å². The van der Waals surface area contributed by atoms with E-state index < -0.39 is 0 Å². The molecule has 1 fully saturated rings. The van der Waals surface area contributed by atoms with Crippen LogP contribution in [0.2, 0.25) is 0 Å². The second-order valence-electron chi connectivity index (χ2n) is 7.60. The number of amides is 1. The van der Waals surface area contributed by atoms with Crippen molar-refractivity contribution in [3.63, 3.8) is 0 Å². The number of carbonyl (C=O) groups excluding carboxylic acids is 1. The summed E-state index contributed by atoms with van der Waals surface area (Å²) >= 11 is 0. The molecule has 2 heterocycles. The number of benzene rings is 2. The van der Waals surface area contributed by atoms with Crippen LogP contribution in [-0.2, 0) is 0 Å². The lowest BCUT2D eigenvalue weighted by Gasteiger charge is -2.34. The Morgan fingerprint density at radius 1 is 1.00 bits per heavy atom. The molecule has 7 nitrogen and oxygen atoms in total. The molecule has 0 saturated carbocycles. The summed E-state index contributed by atoms with van der Waals surface area (Å²) in [4.78, 5) is 17.6. The zero-order chi connectivity index (χ0) is 22.7. The minimum atomic E-state index is -0.346. The molecule has 1 saturated heterocycles. The highest BCUT2D eigenvalue weighted by molar-refractivity contribution is 5.94. The van der Waals surface area contributed by atoms with Crippen molar-refractivity contribution in [1.29, 1.82) is 0 Å². The van der Waals surface area contributed by atoms with E-state index in [-0.39, 0.29) is 11.7 Å². The third-order valence-corrected chi connectivity index (χ3v) is 5.79. The number of hydrogen-bond donors (Lipinski definition) is 0. The van der Waals surface area contributed by atoms with Gasteiger partial charge in [-0.2, -0.15) is 5.10 Å². The van der Waals surface area contributed by atoms with Gasteiger partial charge in [0.1, 0.15) is 23.0 Å². The van der Waals surface area contributed by atoms with Gasteiger partial charge >= 0.3 is 0 Å². The quantitative estimate of drug-likeness (QED) is 0.590. The van der Waals surface area contributed by atoms with E-state index in [0.717, 1.165) is 25.2 Å². The third-order valence-electron chi connectivity index (χ3n) is 5.79. The molecule has 1 aliphatic heterocycles. The molecule has 4 rings (SSSR count). The van der Waals surface area contributed by atoms with Gasteiger partial charge < -0.3 is 19.3 Å². The van der Waals surface area contributed by atoms with Crippen LogP contribution in [0.15, 0.2) is 48.5 Å². The van der Waals surface area contributed by atoms with E-state index in [2.05, 4.69) is 11.8 Å². The molecule has 1 amide bonds. The van der Waals surface area contributed by atoms with Crippen molar-refractivity contribution in [2.45, 2.75) is 6.92 Å². The van der Waals surface area contributed by atoms with Crippen LogP contribution in [0, 0.1) is 5.82 Å². The van der Waals surface area contributed by atoms with Gasteiger partial charge in [0.15, 0.2) is 0 Å². The molecular weight excluding hydrogens is 411 g/mol. The fourth-order valence-electron chi connectivity index (χ4n) is 3.88. The maximum absolute atomic E-state index is 13.5. The molecule has 0 unspecified atom stereocenters. The Labute approximate surface area is 187 Å². The second kappa shape index (κ2) is 9.40. The van der Waals surface area contributed by atoms with Crippen molar-refractivity contribution < 1.29 is 18.7 Å². The predicted molar refractivity (Wildman–Crippen MR) is 120 cm³/mol. The van der Waals surface area contributed by atoms with E-state index in [1.165, 1.54) is 12.1 Å². The van der Waals surface area contributed by atoms with Crippen molar-refractivity contribution in [2.75, 3.05) is 46.9 Å². The number of nitrogens with zero attached hydrogens (tertiary/aromatic N) is 4. The van der Waals surface area contributed by atoms with Gasteiger partial charge in [0.2, 0.25) is 0 Å². The van der Waals surface area contributed by atoms with Gasteiger partial charge in [-0.05, 0) is 49.0 Å². The van der Waals surface area contributed by atoms with Crippen LogP contribution in [-0.4, -0.2) is 72.4 Å². The number of carbonyl (C=O) groups is 1. The summed E-state index contributed by atoms with van der Waals surface area (Å²) in [5.41, 5.74) is 2.36. The maximum Gasteiger partial charge on any atom is 0.272 e. The van der Waals surface area contributed by atoms with Crippen LogP contribution >= 0.6 is 0 Å². The van der Waals surface area contributed by atoms with Crippen LogP contribution in [0.25, 0.3) is 16.9 Å². The Hall–Kier alpha value is -3.39. The summed E-state index contributed by atoms with van der Waals surface area (Å²) in [5, 5.41) is 4.71. The smallest absolute Gasteiger partial charge is 0.272 e. The zero-order valence-corrected chi connectivity index (χ0v) is 18.5. The normalized spacial score (nSPS) is 14.4. The third kappa shape index (κ3) is 4.31. The first-order valence-electron chi connectivity index (χ1n) is 10.6. The van der Waals surface area contributed by atoms with Crippen molar-refractivity contribution in [2.24, 2.45) is 0 Å². The van der Waals surface area contributed by atoms with Gasteiger partial charge in [-0.1, -0.05) is 6.92 Å². The first-order valence-corrected chi connectivity index (χ1v) is 10.6. The van der Waals surface area contributed by atoms with Gasteiger partial charge in [0, 0.05) is 37.8 Å². The summed E-state index contributed by atoms with van der Waals surface area (Å²) < 4.78 is 25.9. The Morgan fingerprint density at radius 2 is 1.72 bits per heavy atom. The summed E-state index contributed by atoms with van der Waals surface area (Å²) in [6.07, 6.45) is 0. The van der Waals surface area contributed by atoms with Gasteiger partial charge in [0.25, 0.3) is 5.91 Å². The van der Waals surface area contributed by atoms with E-state index >= 15 is 0 Å². The number of hydrogen-bond acceptors (Lipinski definition) is 5. The molecule has 0 atom stereocenters.